The monoisotopic (exact) mass is 423 g/mol. The summed E-state index contributed by atoms with van der Waals surface area (Å²) in [6.45, 7) is 3.95. The highest BCUT2D eigenvalue weighted by atomic mass is 16.5. The minimum Gasteiger partial charge on any atom is -0.450 e. The van der Waals surface area contributed by atoms with Crippen LogP contribution in [-0.2, 0) is 11.2 Å². The van der Waals surface area contributed by atoms with Gasteiger partial charge in [-0.1, -0.05) is 86.6 Å². The molecule has 32 heavy (non-hydrogen) atoms. The molecule has 3 aromatic carbocycles. The van der Waals surface area contributed by atoms with Gasteiger partial charge in [0.2, 0.25) is 5.78 Å². The summed E-state index contributed by atoms with van der Waals surface area (Å²) in [5.74, 6) is -0.721. The van der Waals surface area contributed by atoms with Gasteiger partial charge in [0.25, 0.3) is 0 Å². The maximum absolute atomic E-state index is 13.2. The Morgan fingerprint density at radius 1 is 0.875 bits per heavy atom. The zero-order valence-electron chi connectivity index (χ0n) is 18.2. The van der Waals surface area contributed by atoms with Crippen molar-refractivity contribution in [2.45, 2.75) is 32.8 Å². The number of ether oxygens (including phenoxy) is 1. The first kappa shape index (κ1) is 21.4. The number of nitrogens with zero attached hydrogens (tertiary/aromatic N) is 1. The third-order valence-electron chi connectivity index (χ3n) is 5.56. The van der Waals surface area contributed by atoms with E-state index in [0.29, 0.717) is 34.1 Å². The van der Waals surface area contributed by atoms with Gasteiger partial charge in [0.1, 0.15) is 0 Å². The molecule has 1 heterocycles. The average molecular weight is 424 g/mol. The fourth-order valence-electron chi connectivity index (χ4n) is 3.71. The molecule has 4 aromatic rings. The molecule has 0 aliphatic rings. The van der Waals surface area contributed by atoms with Gasteiger partial charge in [0.05, 0.1) is 16.8 Å². The zero-order chi connectivity index (χ0) is 22.5. The van der Waals surface area contributed by atoms with Crippen molar-refractivity contribution in [2.24, 2.45) is 0 Å². The Kier molecular flexibility index (Phi) is 6.41. The SMILES string of the molecule is CCc1ccc(-c2cc(C(=O)O[C@H](CC)C(=O)c3ccccc3)c3ccccc3n2)cc1. The summed E-state index contributed by atoms with van der Waals surface area (Å²) < 4.78 is 5.72. The standard InChI is InChI=1S/C28H25NO3/c1-3-19-14-16-20(17-15-19)25-18-23(22-12-8-9-13-24(22)29-25)28(31)32-26(4-2)27(30)21-10-6-5-7-11-21/h5-18,26H,3-4H2,1-2H3/t26-/m1/s1. The lowest BCUT2D eigenvalue weighted by atomic mass is 10.0. The van der Waals surface area contributed by atoms with Crippen molar-refractivity contribution in [2.75, 3.05) is 0 Å². The van der Waals surface area contributed by atoms with Crippen LogP contribution >= 0.6 is 0 Å². The fraction of sp³-hybridized carbons (Fsp3) is 0.179. The van der Waals surface area contributed by atoms with E-state index in [1.165, 1.54) is 5.56 Å². The molecule has 0 fully saturated rings. The number of aryl methyl sites for hydroxylation is 1. The molecular weight excluding hydrogens is 398 g/mol. The lowest BCUT2D eigenvalue weighted by Crippen LogP contribution is -2.27. The van der Waals surface area contributed by atoms with Crippen LogP contribution in [0, 0.1) is 0 Å². The number of ketones is 1. The normalized spacial score (nSPS) is 11.8. The predicted octanol–water partition coefficient (Wildman–Crippen LogP) is 6.28. The Balaban J connectivity index is 1.70. The van der Waals surface area contributed by atoms with Crippen molar-refractivity contribution < 1.29 is 14.3 Å². The van der Waals surface area contributed by atoms with Crippen molar-refractivity contribution in [1.29, 1.82) is 0 Å². The Hall–Kier alpha value is -3.79. The molecule has 0 N–H and O–H groups in total. The van der Waals surface area contributed by atoms with E-state index in [2.05, 4.69) is 19.1 Å². The molecule has 4 nitrogen and oxygen atoms in total. The van der Waals surface area contributed by atoms with Crippen LogP contribution in [0.2, 0.25) is 0 Å². The highest BCUT2D eigenvalue weighted by Crippen LogP contribution is 2.26. The van der Waals surface area contributed by atoms with E-state index < -0.39 is 12.1 Å². The highest BCUT2D eigenvalue weighted by molar-refractivity contribution is 6.06. The first-order chi connectivity index (χ1) is 15.6. The summed E-state index contributed by atoms with van der Waals surface area (Å²) in [6.07, 6.45) is 0.508. The number of aromatic nitrogens is 1. The van der Waals surface area contributed by atoms with Gasteiger partial charge in [-0.25, -0.2) is 9.78 Å². The topological polar surface area (TPSA) is 56.3 Å². The molecule has 0 saturated heterocycles. The molecule has 0 aliphatic carbocycles. The van der Waals surface area contributed by atoms with Crippen LogP contribution in [0.25, 0.3) is 22.2 Å². The summed E-state index contributed by atoms with van der Waals surface area (Å²) >= 11 is 0. The lowest BCUT2D eigenvalue weighted by Gasteiger charge is -2.16. The maximum atomic E-state index is 13.2. The first-order valence-electron chi connectivity index (χ1n) is 10.9. The Bertz CT molecular complexity index is 1250. The highest BCUT2D eigenvalue weighted by Gasteiger charge is 2.24. The second kappa shape index (κ2) is 9.56. The molecule has 0 radical (unpaired) electrons. The van der Waals surface area contributed by atoms with Gasteiger partial charge in [-0.15, -0.1) is 0 Å². The number of pyridine rings is 1. The maximum Gasteiger partial charge on any atom is 0.339 e. The van der Waals surface area contributed by atoms with Gasteiger partial charge in [-0.2, -0.15) is 0 Å². The number of fused-ring (bicyclic) bond motifs is 1. The summed E-state index contributed by atoms with van der Waals surface area (Å²) in [5.41, 5.74) is 4.50. The number of para-hydroxylation sites is 1. The molecule has 4 rings (SSSR count). The molecule has 0 unspecified atom stereocenters. The van der Waals surface area contributed by atoms with Gasteiger partial charge in [-0.3, -0.25) is 4.79 Å². The number of hydrogen-bond donors (Lipinski definition) is 0. The van der Waals surface area contributed by atoms with Crippen LogP contribution in [0.3, 0.4) is 0 Å². The van der Waals surface area contributed by atoms with E-state index in [4.69, 9.17) is 9.72 Å². The number of benzene rings is 3. The number of Topliss-reactive ketones (excluding diaryl/α,β-unsaturated/α-hetero) is 1. The van der Waals surface area contributed by atoms with E-state index >= 15 is 0 Å². The molecule has 160 valence electrons. The summed E-state index contributed by atoms with van der Waals surface area (Å²) in [5, 5.41) is 0.702. The molecule has 1 atom stereocenters. The molecule has 0 amide bonds. The van der Waals surface area contributed by atoms with Gasteiger partial charge in [0.15, 0.2) is 6.10 Å². The third-order valence-corrected chi connectivity index (χ3v) is 5.56. The minimum absolute atomic E-state index is 0.199. The van der Waals surface area contributed by atoms with Crippen molar-refractivity contribution in [3.63, 3.8) is 0 Å². The summed E-state index contributed by atoms with van der Waals surface area (Å²) in [6, 6.07) is 26.3. The Morgan fingerprint density at radius 3 is 2.25 bits per heavy atom. The Labute approximate surface area is 187 Å². The van der Waals surface area contributed by atoms with Crippen LogP contribution < -0.4 is 0 Å². The van der Waals surface area contributed by atoms with E-state index in [1.807, 2.05) is 49.4 Å². The van der Waals surface area contributed by atoms with Crippen molar-refractivity contribution in [3.8, 4) is 11.3 Å². The van der Waals surface area contributed by atoms with Crippen LogP contribution in [0.4, 0.5) is 0 Å². The lowest BCUT2D eigenvalue weighted by molar-refractivity contribution is 0.0279. The van der Waals surface area contributed by atoms with Gasteiger partial charge >= 0.3 is 5.97 Å². The largest absolute Gasteiger partial charge is 0.450 e. The van der Waals surface area contributed by atoms with Crippen LogP contribution in [0.5, 0.6) is 0 Å². The van der Waals surface area contributed by atoms with Crippen molar-refractivity contribution >= 4 is 22.7 Å². The van der Waals surface area contributed by atoms with Crippen LogP contribution in [0.1, 0.15) is 46.5 Å². The molecule has 0 aliphatic heterocycles. The quantitative estimate of drug-likeness (QED) is 0.259. The van der Waals surface area contributed by atoms with E-state index in [9.17, 15) is 9.59 Å². The third kappa shape index (κ3) is 4.45. The van der Waals surface area contributed by atoms with Crippen LogP contribution in [0.15, 0.2) is 84.9 Å². The van der Waals surface area contributed by atoms with Gasteiger partial charge < -0.3 is 4.74 Å². The summed E-state index contributed by atoms with van der Waals surface area (Å²) in [4.78, 5) is 30.9. The fourth-order valence-corrected chi connectivity index (χ4v) is 3.71. The number of carbonyl (C=O) groups is 2. The summed E-state index contributed by atoms with van der Waals surface area (Å²) in [7, 11) is 0. The molecule has 0 spiro atoms. The number of rotatable bonds is 7. The molecule has 0 saturated carbocycles. The molecular formula is C28H25NO3. The second-order valence-electron chi connectivity index (χ2n) is 7.66. The predicted molar refractivity (Wildman–Crippen MR) is 127 cm³/mol. The van der Waals surface area contributed by atoms with Gasteiger partial charge in [0, 0.05) is 16.5 Å². The van der Waals surface area contributed by atoms with E-state index in [1.54, 1.807) is 30.3 Å². The first-order valence-corrected chi connectivity index (χ1v) is 10.9. The number of hydrogen-bond acceptors (Lipinski definition) is 4. The van der Waals surface area contributed by atoms with E-state index in [0.717, 1.165) is 12.0 Å². The van der Waals surface area contributed by atoms with E-state index in [-0.39, 0.29) is 5.78 Å². The average Bonchev–Trinajstić information content (AvgIpc) is 2.86. The van der Waals surface area contributed by atoms with Crippen molar-refractivity contribution in [3.05, 3.63) is 102 Å². The molecule has 0 bridgehead atoms. The van der Waals surface area contributed by atoms with Crippen LogP contribution in [-0.4, -0.2) is 22.8 Å². The molecule has 1 aromatic heterocycles. The molecule has 4 heteroatoms. The Morgan fingerprint density at radius 2 is 1.56 bits per heavy atom. The second-order valence-corrected chi connectivity index (χ2v) is 7.66. The number of esters is 1. The minimum atomic E-state index is -0.843. The van der Waals surface area contributed by atoms with Gasteiger partial charge in [-0.05, 0) is 30.5 Å². The zero-order valence-corrected chi connectivity index (χ0v) is 18.2. The smallest absolute Gasteiger partial charge is 0.339 e. The van der Waals surface area contributed by atoms with Crippen molar-refractivity contribution in [1.82, 2.24) is 4.98 Å². The number of carbonyl (C=O) groups excluding carboxylic acids is 2.